The van der Waals surface area contributed by atoms with Crippen LogP contribution in [0.4, 0.5) is 0 Å². The van der Waals surface area contributed by atoms with Gasteiger partial charge in [0, 0.05) is 25.7 Å². The van der Waals surface area contributed by atoms with E-state index in [1.165, 1.54) is 0 Å². The van der Waals surface area contributed by atoms with Crippen LogP contribution in [0.25, 0.3) is 0 Å². The van der Waals surface area contributed by atoms with Gasteiger partial charge in [0.2, 0.25) is 11.8 Å². The number of Topliss-reactive ketones (excluding diaryl/α,β-unsaturated/α-hetero) is 1. The van der Waals surface area contributed by atoms with Crippen molar-refractivity contribution < 1.29 is 34.5 Å². The highest BCUT2D eigenvalue weighted by atomic mass is 16.4. The van der Waals surface area contributed by atoms with E-state index in [4.69, 9.17) is 5.73 Å². The quantitative estimate of drug-likeness (QED) is 0.156. The number of carboxylic acid groups (broad SMARTS) is 1. The number of carbonyl (C=O) groups excluding carboxylic acids is 3. The summed E-state index contributed by atoms with van der Waals surface area (Å²) in [5, 5.41) is 40.5. The van der Waals surface area contributed by atoms with E-state index in [2.05, 4.69) is 21.3 Å². The second-order valence-corrected chi connectivity index (χ2v) is 8.96. The Labute approximate surface area is 202 Å². The fraction of sp³-hybridized carbons (Fsp3) is 0.565. The molecule has 1 aromatic carbocycles. The molecule has 1 aromatic rings. The van der Waals surface area contributed by atoms with Crippen molar-refractivity contribution in [2.45, 2.75) is 55.6 Å². The van der Waals surface area contributed by atoms with Crippen LogP contribution in [-0.2, 0) is 25.6 Å². The molecule has 12 nitrogen and oxygen atoms in total. The van der Waals surface area contributed by atoms with Crippen LogP contribution in [0.3, 0.4) is 0 Å². The third kappa shape index (κ3) is 6.83. The smallest absolute Gasteiger partial charge is 0.321 e. The highest BCUT2D eigenvalue weighted by Crippen LogP contribution is 2.23. The topological polar surface area (TPSA) is 203 Å². The average Bonchev–Trinajstić information content (AvgIpc) is 3.49. The molecule has 2 saturated heterocycles. The molecular weight excluding hydrogens is 458 g/mol. The predicted octanol–water partition coefficient (Wildman–Crippen LogP) is -3.13. The summed E-state index contributed by atoms with van der Waals surface area (Å²) in [6.45, 7) is 0.0770. The highest BCUT2D eigenvalue weighted by Gasteiger charge is 2.48. The predicted molar refractivity (Wildman–Crippen MR) is 124 cm³/mol. The van der Waals surface area contributed by atoms with Crippen LogP contribution < -0.4 is 27.0 Å². The lowest BCUT2D eigenvalue weighted by atomic mass is 9.87. The first-order chi connectivity index (χ1) is 16.7. The normalized spacial score (nSPS) is 27.7. The first-order valence-electron chi connectivity index (χ1n) is 11.7. The molecule has 2 fully saturated rings. The second kappa shape index (κ2) is 12.2. The molecular formula is C23H33N5O7. The number of hydrogen-bond acceptors (Lipinski definition) is 9. The van der Waals surface area contributed by atoms with Crippen molar-refractivity contribution in [1.82, 2.24) is 21.3 Å². The fourth-order valence-corrected chi connectivity index (χ4v) is 4.54. The molecule has 0 aromatic heterocycles. The number of hydrogen-bond donors (Lipinski definition) is 8. The number of aliphatic carboxylic acids is 1. The number of nitrogens with two attached hydrogens (primary N) is 1. The number of aryl methyl sites for hydroxylation is 1. The first kappa shape index (κ1) is 26.7. The molecule has 192 valence electrons. The van der Waals surface area contributed by atoms with Gasteiger partial charge in [-0.1, -0.05) is 30.3 Å². The molecule has 7 atom stereocenters. The van der Waals surface area contributed by atoms with Gasteiger partial charge in [-0.3, -0.25) is 19.2 Å². The fourth-order valence-electron chi connectivity index (χ4n) is 4.54. The number of carbonyl (C=O) groups is 4. The van der Waals surface area contributed by atoms with Crippen LogP contribution in [0.5, 0.6) is 0 Å². The molecule has 2 amide bonds. The van der Waals surface area contributed by atoms with E-state index >= 15 is 0 Å². The number of nitrogens with one attached hydrogen (secondary N) is 4. The molecule has 2 aliphatic heterocycles. The van der Waals surface area contributed by atoms with Crippen molar-refractivity contribution in [3.63, 3.8) is 0 Å². The Morgan fingerprint density at radius 1 is 1.00 bits per heavy atom. The summed E-state index contributed by atoms with van der Waals surface area (Å²) >= 11 is 0. The van der Waals surface area contributed by atoms with Crippen LogP contribution >= 0.6 is 0 Å². The van der Waals surface area contributed by atoms with E-state index in [9.17, 15) is 34.5 Å². The molecule has 0 radical (unpaired) electrons. The monoisotopic (exact) mass is 491 g/mol. The lowest BCUT2D eigenvalue weighted by Crippen LogP contribution is -2.52. The van der Waals surface area contributed by atoms with Crippen molar-refractivity contribution in [3.8, 4) is 0 Å². The van der Waals surface area contributed by atoms with Crippen LogP contribution in [-0.4, -0.2) is 94.9 Å². The summed E-state index contributed by atoms with van der Waals surface area (Å²) in [6, 6.07) is 6.16. The SMILES string of the molecule is NC[C@H](O)C(=O)N[C@H]1CN[C@H](C(=O)[C@@H]2[C@@H](NC(=O)[C@H](O)CCc3ccccc3)CN[C@@H]2C(=O)O)C1. The summed E-state index contributed by atoms with van der Waals surface area (Å²) in [4.78, 5) is 49.6. The Hall–Kier alpha value is -2.90. The van der Waals surface area contributed by atoms with Gasteiger partial charge in [0.25, 0.3) is 0 Å². The lowest BCUT2D eigenvalue weighted by Gasteiger charge is -2.25. The van der Waals surface area contributed by atoms with Gasteiger partial charge in [0.1, 0.15) is 18.2 Å². The number of carboxylic acids is 1. The van der Waals surface area contributed by atoms with E-state index in [-0.39, 0.29) is 32.5 Å². The maximum atomic E-state index is 13.3. The van der Waals surface area contributed by atoms with E-state index in [1.807, 2.05) is 30.3 Å². The molecule has 3 rings (SSSR count). The number of aliphatic hydroxyl groups excluding tert-OH is 2. The van der Waals surface area contributed by atoms with Crippen LogP contribution in [0.15, 0.2) is 30.3 Å². The zero-order chi connectivity index (χ0) is 25.5. The molecule has 2 heterocycles. The number of ketones is 1. The Morgan fingerprint density at radius 3 is 2.34 bits per heavy atom. The lowest BCUT2D eigenvalue weighted by molar-refractivity contribution is -0.143. The van der Waals surface area contributed by atoms with Crippen molar-refractivity contribution >= 4 is 23.6 Å². The molecule has 9 N–H and O–H groups in total. The number of amides is 2. The Balaban J connectivity index is 1.60. The highest BCUT2D eigenvalue weighted by molar-refractivity contribution is 5.94. The van der Waals surface area contributed by atoms with Crippen molar-refractivity contribution in [1.29, 1.82) is 0 Å². The molecule has 0 aliphatic carbocycles. The number of aliphatic hydroxyl groups is 2. The number of rotatable bonds is 11. The zero-order valence-corrected chi connectivity index (χ0v) is 19.2. The molecule has 0 bridgehead atoms. The van der Waals surface area contributed by atoms with Gasteiger partial charge in [0.05, 0.1) is 18.0 Å². The molecule has 0 saturated carbocycles. The maximum Gasteiger partial charge on any atom is 0.321 e. The Kier molecular flexibility index (Phi) is 9.29. The summed E-state index contributed by atoms with van der Waals surface area (Å²) < 4.78 is 0. The van der Waals surface area contributed by atoms with Crippen molar-refractivity contribution in [2.75, 3.05) is 19.6 Å². The van der Waals surface area contributed by atoms with Gasteiger partial charge in [-0.15, -0.1) is 0 Å². The van der Waals surface area contributed by atoms with Crippen LogP contribution in [0.1, 0.15) is 18.4 Å². The third-order valence-electron chi connectivity index (χ3n) is 6.47. The number of benzene rings is 1. The minimum Gasteiger partial charge on any atom is -0.480 e. The summed E-state index contributed by atoms with van der Waals surface area (Å²) in [6.07, 6.45) is -1.81. The summed E-state index contributed by atoms with van der Waals surface area (Å²) in [7, 11) is 0. The van der Waals surface area contributed by atoms with Crippen LogP contribution in [0, 0.1) is 5.92 Å². The van der Waals surface area contributed by atoms with Crippen molar-refractivity contribution in [3.05, 3.63) is 35.9 Å². The first-order valence-corrected chi connectivity index (χ1v) is 11.7. The van der Waals surface area contributed by atoms with E-state index in [0.29, 0.717) is 6.42 Å². The van der Waals surface area contributed by atoms with Gasteiger partial charge in [-0.25, -0.2) is 0 Å². The van der Waals surface area contributed by atoms with Crippen LogP contribution in [0.2, 0.25) is 0 Å². The van der Waals surface area contributed by atoms with E-state index < -0.39 is 65.9 Å². The third-order valence-corrected chi connectivity index (χ3v) is 6.47. The van der Waals surface area contributed by atoms with Gasteiger partial charge in [-0.05, 0) is 24.8 Å². The summed E-state index contributed by atoms with van der Waals surface area (Å²) in [5.41, 5.74) is 6.24. The van der Waals surface area contributed by atoms with Gasteiger partial charge in [0.15, 0.2) is 5.78 Å². The van der Waals surface area contributed by atoms with Crippen molar-refractivity contribution in [2.24, 2.45) is 11.7 Å². The standard InChI is InChI=1S/C23H33N5O7/c24-9-17(30)22(33)27-13-8-14(25-10-13)20(31)18-15(11-26-19(18)23(34)35)28-21(32)16(29)7-6-12-4-2-1-3-5-12/h1-5,13-19,25-26,29-30H,6-11,24H2,(H,27,33)(H,28,32)(H,34,35)/t13-,14+,15+,16-,17+,18-,19+/m1/s1. The largest absolute Gasteiger partial charge is 0.480 e. The van der Waals surface area contributed by atoms with Gasteiger partial charge in [-0.2, -0.15) is 0 Å². The molecule has 35 heavy (non-hydrogen) atoms. The average molecular weight is 492 g/mol. The molecule has 0 unspecified atom stereocenters. The Bertz CT molecular complexity index is 915. The van der Waals surface area contributed by atoms with Gasteiger partial charge < -0.3 is 42.3 Å². The van der Waals surface area contributed by atoms with E-state index in [0.717, 1.165) is 5.56 Å². The van der Waals surface area contributed by atoms with Gasteiger partial charge >= 0.3 is 5.97 Å². The molecule has 0 spiro atoms. The molecule has 2 aliphatic rings. The Morgan fingerprint density at radius 2 is 1.69 bits per heavy atom. The van der Waals surface area contributed by atoms with E-state index in [1.54, 1.807) is 0 Å². The maximum absolute atomic E-state index is 13.3. The second-order valence-electron chi connectivity index (χ2n) is 8.96. The summed E-state index contributed by atoms with van der Waals surface area (Å²) in [5.74, 6) is -4.02. The zero-order valence-electron chi connectivity index (χ0n) is 19.2. The minimum absolute atomic E-state index is 0.0557. The molecule has 12 heteroatoms. The minimum atomic E-state index is -1.35.